The third-order valence-corrected chi connectivity index (χ3v) is 6.74. The van der Waals surface area contributed by atoms with Crippen LogP contribution in [0.25, 0.3) is 0 Å². The SMILES string of the molecule is CCCCCC1CCC(C(OO)C2CCC(CCC)CC2)C(F)C1. The van der Waals surface area contributed by atoms with Crippen molar-refractivity contribution in [3.8, 4) is 0 Å². The molecule has 142 valence electrons. The summed E-state index contributed by atoms with van der Waals surface area (Å²) in [5.41, 5.74) is 0. The fourth-order valence-electron chi connectivity index (χ4n) is 5.26. The molecule has 0 aromatic rings. The van der Waals surface area contributed by atoms with Crippen molar-refractivity contribution in [3.05, 3.63) is 0 Å². The van der Waals surface area contributed by atoms with E-state index in [4.69, 9.17) is 4.89 Å². The van der Waals surface area contributed by atoms with Gasteiger partial charge in [0.1, 0.15) is 12.3 Å². The van der Waals surface area contributed by atoms with Gasteiger partial charge < -0.3 is 0 Å². The van der Waals surface area contributed by atoms with Gasteiger partial charge in [-0.2, -0.15) is 0 Å². The second-order valence-corrected chi connectivity index (χ2v) is 8.49. The summed E-state index contributed by atoms with van der Waals surface area (Å²) in [5.74, 6) is 1.64. The number of halogens is 1. The van der Waals surface area contributed by atoms with Crippen molar-refractivity contribution in [1.29, 1.82) is 0 Å². The van der Waals surface area contributed by atoms with Crippen LogP contribution in [0.4, 0.5) is 4.39 Å². The number of unbranched alkanes of at least 4 members (excludes halogenated alkanes) is 2. The summed E-state index contributed by atoms with van der Waals surface area (Å²) in [6.07, 6.45) is 13.7. The van der Waals surface area contributed by atoms with E-state index in [9.17, 15) is 9.65 Å². The van der Waals surface area contributed by atoms with Gasteiger partial charge >= 0.3 is 0 Å². The molecular weight excluding hydrogens is 303 g/mol. The van der Waals surface area contributed by atoms with Gasteiger partial charge in [-0.15, -0.1) is 0 Å². The third kappa shape index (κ3) is 5.69. The molecule has 0 spiro atoms. The molecule has 2 nitrogen and oxygen atoms in total. The van der Waals surface area contributed by atoms with Crippen LogP contribution in [0.2, 0.25) is 0 Å². The van der Waals surface area contributed by atoms with Crippen LogP contribution < -0.4 is 0 Å². The second-order valence-electron chi connectivity index (χ2n) is 8.49. The van der Waals surface area contributed by atoms with Crippen LogP contribution in [0.5, 0.6) is 0 Å². The van der Waals surface area contributed by atoms with Crippen molar-refractivity contribution < 1.29 is 14.5 Å². The average Bonchev–Trinajstić information content (AvgIpc) is 2.59. The molecule has 0 radical (unpaired) electrons. The van der Waals surface area contributed by atoms with Crippen LogP contribution in [0, 0.1) is 23.7 Å². The average molecular weight is 343 g/mol. The number of alkyl halides is 1. The molecule has 0 bridgehead atoms. The molecule has 2 aliphatic rings. The first-order valence-corrected chi connectivity index (χ1v) is 10.6. The lowest BCUT2D eigenvalue weighted by molar-refractivity contribution is -0.310. The van der Waals surface area contributed by atoms with E-state index >= 15 is 0 Å². The minimum atomic E-state index is -0.795. The van der Waals surface area contributed by atoms with E-state index in [1.54, 1.807) is 0 Å². The summed E-state index contributed by atoms with van der Waals surface area (Å²) < 4.78 is 14.8. The highest BCUT2D eigenvalue weighted by Crippen LogP contribution is 2.42. The van der Waals surface area contributed by atoms with E-state index in [1.807, 2.05) is 0 Å². The molecule has 2 saturated carbocycles. The standard InChI is InChI=1S/C21H39FO2/c1-3-5-6-8-17-11-14-19(20(22)15-17)21(24-23)18-12-9-16(7-4-2)10-13-18/h16-21,23H,3-15H2,1-2H3. The fourth-order valence-corrected chi connectivity index (χ4v) is 5.26. The van der Waals surface area contributed by atoms with Crippen LogP contribution >= 0.6 is 0 Å². The minimum Gasteiger partial charge on any atom is -0.252 e. The first-order valence-electron chi connectivity index (χ1n) is 10.6. The Bertz CT molecular complexity index is 328. The molecule has 2 fully saturated rings. The Kier molecular flexibility index (Phi) is 9.04. The largest absolute Gasteiger partial charge is 0.252 e. The van der Waals surface area contributed by atoms with Gasteiger partial charge in [0.05, 0.1) is 0 Å². The minimum absolute atomic E-state index is 0.0925. The van der Waals surface area contributed by atoms with Gasteiger partial charge in [0.15, 0.2) is 0 Å². The van der Waals surface area contributed by atoms with E-state index in [0.29, 0.717) is 18.3 Å². The highest BCUT2D eigenvalue weighted by molar-refractivity contribution is 4.89. The molecule has 0 heterocycles. The maximum absolute atomic E-state index is 14.8. The predicted octanol–water partition coefficient (Wildman–Crippen LogP) is 6.79. The summed E-state index contributed by atoms with van der Waals surface area (Å²) in [6.45, 7) is 4.46. The Morgan fingerprint density at radius 2 is 1.62 bits per heavy atom. The molecule has 0 aliphatic heterocycles. The van der Waals surface area contributed by atoms with Crippen molar-refractivity contribution >= 4 is 0 Å². The highest BCUT2D eigenvalue weighted by Gasteiger charge is 2.41. The third-order valence-electron chi connectivity index (χ3n) is 6.74. The van der Waals surface area contributed by atoms with Crippen molar-refractivity contribution in [2.24, 2.45) is 23.7 Å². The molecule has 0 amide bonds. The van der Waals surface area contributed by atoms with Crippen LogP contribution in [-0.2, 0) is 4.89 Å². The molecular formula is C21H39FO2. The van der Waals surface area contributed by atoms with E-state index < -0.39 is 6.17 Å². The molecule has 4 atom stereocenters. The van der Waals surface area contributed by atoms with Crippen LogP contribution in [0.15, 0.2) is 0 Å². The van der Waals surface area contributed by atoms with Crippen LogP contribution in [0.1, 0.15) is 97.3 Å². The Balaban J connectivity index is 1.81. The summed E-state index contributed by atoms with van der Waals surface area (Å²) in [7, 11) is 0. The zero-order chi connectivity index (χ0) is 17.4. The number of hydrogen-bond acceptors (Lipinski definition) is 2. The zero-order valence-corrected chi connectivity index (χ0v) is 15.9. The van der Waals surface area contributed by atoms with Gasteiger partial charge in [-0.1, -0.05) is 65.2 Å². The number of rotatable bonds is 9. The predicted molar refractivity (Wildman–Crippen MR) is 97.7 cm³/mol. The van der Waals surface area contributed by atoms with E-state index in [0.717, 1.165) is 31.6 Å². The van der Waals surface area contributed by atoms with Crippen molar-refractivity contribution in [2.45, 2.75) is 110 Å². The summed E-state index contributed by atoms with van der Waals surface area (Å²) in [6, 6.07) is 0. The summed E-state index contributed by atoms with van der Waals surface area (Å²) in [5, 5.41) is 9.49. The fraction of sp³-hybridized carbons (Fsp3) is 1.00. The van der Waals surface area contributed by atoms with Gasteiger partial charge in [-0.05, 0) is 49.9 Å². The highest BCUT2D eigenvalue weighted by atomic mass is 19.1. The van der Waals surface area contributed by atoms with Gasteiger partial charge in [0.25, 0.3) is 0 Å². The normalized spacial score (nSPS) is 35.8. The topological polar surface area (TPSA) is 29.5 Å². The molecule has 0 aromatic heterocycles. The van der Waals surface area contributed by atoms with Gasteiger partial charge in [-0.25, -0.2) is 9.28 Å². The molecule has 24 heavy (non-hydrogen) atoms. The van der Waals surface area contributed by atoms with E-state index in [1.165, 1.54) is 51.4 Å². The van der Waals surface area contributed by atoms with Crippen molar-refractivity contribution in [3.63, 3.8) is 0 Å². The van der Waals surface area contributed by atoms with Crippen LogP contribution in [-0.4, -0.2) is 17.5 Å². The Morgan fingerprint density at radius 3 is 2.21 bits per heavy atom. The van der Waals surface area contributed by atoms with Gasteiger partial charge in [0.2, 0.25) is 0 Å². The van der Waals surface area contributed by atoms with Crippen molar-refractivity contribution in [1.82, 2.24) is 0 Å². The molecule has 4 unspecified atom stereocenters. The monoisotopic (exact) mass is 342 g/mol. The van der Waals surface area contributed by atoms with E-state index in [-0.39, 0.29) is 12.0 Å². The summed E-state index contributed by atoms with van der Waals surface area (Å²) in [4.78, 5) is 4.89. The zero-order valence-electron chi connectivity index (χ0n) is 15.9. The smallest absolute Gasteiger partial charge is 0.106 e. The Morgan fingerprint density at radius 1 is 0.917 bits per heavy atom. The molecule has 3 heteroatoms. The first kappa shape index (κ1) is 20.2. The van der Waals surface area contributed by atoms with Crippen LogP contribution in [0.3, 0.4) is 0 Å². The van der Waals surface area contributed by atoms with E-state index in [2.05, 4.69) is 13.8 Å². The molecule has 2 rings (SSSR count). The first-order chi connectivity index (χ1) is 11.7. The maximum atomic E-state index is 14.8. The van der Waals surface area contributed by atoms with Gasteiger partial charge in [0, 0.05) is 5.92 Å². The lowest BCUT2D eigenvalue weighted by Crippen LogP contribution is -2.41. The second kappa shape index (κ2) is 10.8. The lowest BCUT2D eigenvalue weighted by Gasteiger charge is -2.40. The Labute approximate surface area is 148 Å². The summed E-state index contributed by atoms with van der Waals surface area (Å²) >= 11 is 0. The lowest BCUT2D eigenvalue weighted by atomic mass is 9.69. The molecule has 0 aromatic carbocycles. The molecule has 0 saturated heterocycles. The van der Waals surface area contributed by atoms with Gasteiger partial charge in [-0.3, -0.25) is 5.26 Å². The molecule has 2 aliphatic carbocycles. The maximum Gasteiger partial charge on any atom is 0.106 e. The molecule has 1 N–H and O–H groups in total. The quantitative estimate of drug-likeness (QED) is 0.284. The Hall–Kier alpha value is -0.150. The van der Waals surface area contributed by atoms with Crippen molar-refractivity contribution in [2.75, 3.05) is 0 Å². The number of hydrogen-bond donors (Lipinski definition) is 1.